The number of hydrogen-bond donors (Lipinski definition) is 1. The molecule has 0 radical (unpaired) electrons. The highest BCUT2D eigenvalue weighted by Gasteiger charge is 2.34. The molecule has 242 valence electrons. The average molecular weight is 644 g/mol. The van der Waals surface area contributed by atoms with E-state index < -0.39 is 28.5 Å². The van der Waals surface area contributed by atoms with Gasteiger partial charge in [0.05, 0.1) is 24.8 Å². The van der Waals surface area contributed by atoms with Crippen LogP contribution >= 0.6 is 0 Å². The molecule has 0 heterocycles. The van der Waals surface area contributed by atoms with Gasteiger partial charge in [0.2, 0.25) is 11.8 Å². The minimum absolute atomic E-state index is 0.0381. The van der Waals surface area contributed by atoms with E-state index in [0.29, 0.717) is 18.0 Å². The van der Waals surface area contributed by atoms with Gasteiger partial charge >= 0.3 is 0 Å². The summed E-state index contributed by atoms with van der Waals surface area (Å²) >= 11 is 0. The normalized spacial score (nSPS) is 11.7. The highest BCUT2D eigenvalue weighted by Crippen LogP contribution is 2.27. The van der Waals surface area contributed by atoms with Crippen molar-refractivity contribution in [2.45, 2.75) is 43.7 Å². The van der Waals surface area contributed by atoms with Crippen molar-refractivity contribution in [3.63, 3.8) is 0 Å². The molecule has 0 saturated carbocycles. The lowest BCUT2D eigenvalue weighted by Gasteiger charge is -2.34. The van der Waals surface area contributed by atoms with Gasteiger partial charge in [-0.05, 0) is 66.1 Å². The standard InChI is InChI=1S/C36H41N3O6S/c1-4-5-23-37-36(41)34(25-28-13-8-6-9-14-28)38(26-29-15-12-16-32(24-29)45-3)35(40)27-39(30-19-21-31(44-2)22-20-30)46(42,43)33-17-10-7-11-18-33/h6-22,24,34H,4-5,23,25-27H2,1-3H3,(H,37,41)/t34-/m1/s1. The molecule has 10 heteroatoms. The maximum absolute atomic E-state index is 14.5. The molecule has 1 N–H and O–H groups in total. The summed E-state index contributed by atoms with van der Waals surface area (Å²) in [7, 11) is -1.11. The lowest BCUT2D eigenvalue weighted by molar-refractivity contribution is -0.140. The van der Waals surface area contributed by atoms with E-state index in [1.54, 1.807) is 61.7 Å². The van der Waals surface area contributed by atoms with Gasteiger partial charge in [-0.3, -0.25) is 13.9 Å². The van der Waals surface area contributed by atoms with E-state index in [4.69, 9.17) is 9.47 Å². The number of hydrogen-bond acceptors (Lipinski definition) is 6. The van der Waals surface area contributed by atoms with Crippen LogP contribution in [0, 0.1) is 0 Å². The van der Waals surface area contributed by atoms with Crippen LogP contribution in [0.4, 0.5) is 5.69 Å². The number of methoxy groups -OCH3 is 2. The second kappa shape index (κ2) is 16.5. The predicted octanol–water partition coefficient (Wildman–Crippen LogP) is 5.46. The van der Waals surface area contributed by atoms with E-state index in [2.05, 4.69) is 5.32 Å². The van der Waals surface area contributed by atoms with Crippen LogP contribution in [-0.4, -0.2) is 58.5 Å². The summed E-state index contributed by atoms with van der Waals surface area (Å²) in [6, 6.07) is 30.2. The van der Waals surface area contributed by atoms with Crippen molar-refractivity contribution in [1.29, 1.82) is 0 Å². The Kier molecular flexibility index (Phi) is 12.2. The van der Waals surface area contributed by atoms with E-state index in [-0.39, 0.29) is 29.5 Å². The average Bonchev–Trinajstić information content (AvgIpc) is 3.09. The highest BCUT2D eigenvalue weighted by atomic mass is 32.2. The van der Waals surface area contributed by atoms with Crippen LogP contribution < -0.4 is 19.1 Å². The Bertz CT molecular complexity index is 1670. The van der Waals surface area contributed by atoms with Crippen LogP contribution in [-0.2, 0) is 32.6 Å². The molecular weight excluding hydrogens is 602 g/mol. The second-order valence-electron chi connectivity index (χ2n) is 10.7. The molecule has 4 aromatic rings. The number of sulfonamides is 1. The molecule has 0 aromatic heterocycles. The lowest BCUT2D eigenvalue weighted by Crippen LogP contribution is -2.53. The van der Waals surface area contributed by atoms with E-state index in [1.807, 2.05) is 49.4 Å². The molecule has 1 atom stereocenters. The molecule has 4 rings (SSSR count). The zero-order valence-corrected chi connectivity index (χ0v) is 27.3. The van der Waals surface area contributed by atoms with Gasteiger partial charge in [0, 0.05) is 19.5 Å². The smallest absolute Gasteiger partial charge is 0.264 e. The van der Waals surface area contributed by atoms with Crippen LogP contribution in [0.2, 0.25) is 0 Å². The zero-order valence-electron chi connectivity index (χ0n) is 26.5. The van der Waals surface area contributed by atoms with Crippen LogP contribution in [0.3, 0.4) is 0 Å². The third-order valence-corrected chi connectivity index (χ3v) is 9.35. The maximum Gasteiger partial charge on any atom is 0.264 e. The summed E-state index contributed by atoms with van der Waals surface area (Å²) < 4.78 is 40.0. The number of unbranched alkanes of at least 4 members (excludes halogenated alkanes) is 1. The number of amides is 2. The number of ether oxygens (including phenoxy) is 2. The Labute approximate surface area is 271 Å². The highest BCUT2D eigenvalue weighted by molar-refractivity contribution is 7.92. The van der Waals surface area contributed by atoms with Crippen molar-refractivity contribution in [2.24, 2.45) is 0 Å². The first-order chi connectivity index (χ1) is 22.3. The monoisotopic (exact) mass is 643 g/mol. The first-order valence-corrected chi connectivity index (χ1v) is 16.7. The molecule has 0 saturated heterocycles. The fraction of sp³-hybridized carbons (Fsp3) is 0.278. The van der Waals surface area contributed by atoms with Crippen molar-refractivity contribution in [1.82, 2.24) is 10.2 Å². The van der Waals surface area contributed by atoms with Gasteiger partial charge in [0.25, 0.3) is 10.0 Å². The number of anilines is 1. The van der Waals surface area contributed by atoms with E-state index in [0.717, 1.165) is 28.3 Å². The quantitative estimate of drug-likeness (QED) is 0.163. The van der Waals surface area contributed by atoms with Gasteiger partial charge in [-0.2, -0.15) is 0 Å². The van der Waals surface area contributed by atoms with Crippen molar-refractivity contribution in [2.75, 3.05) is 31.6 Å². The number of benzene rings is 4. The van der Waals surface area contributed by atoms with Gasteiger partial charge in [0.1, 0.15) is 24.1 Å². The Morgan fingerprint density at radius 3 is 2.04 bits per heavy atom. The molecule has 0 bridgehead atoms. The van der Waals surface area contributed by atoms with E-state index in [1.165, 1.54) is 24.1 Å². The molecule has 0 aliphatic rings. The topological polar surface area (TPSA) is 105 Å². The van der Waals surface area contributed by atoms with Crippen LogP contribution in [0.15, 0.2) is 114 Å². The molecule has 0 spiro atoms. The third-order valence-electron chi connectivity index (χ3n) is 7.56. The van der Waals surface area contributed by atoms with Crippen molar-refractivity contribution in [3.05, 3.63) is 120 Å². The molecule has 0 aliphatic heterocycles. The second-order valence-corrected chi connectivity index (χ2v) is 12.6. The summed E-state index contributed by atoms with van der Waals surface area (Å²) in [6.07, 6.45) is 1.92. The molecule has 0 aliphatic carbocycles. The van der Waals surface area contributed by atoms with Gasteiger partial charge < -0.3 is 19.7 Å². The molecule has 46 heavy (non-hydrogen) atoms. The van der Waals surface area contributed by atoms with Crippen LogP contribution in [0.25, 0.3) is 0 Å². The van der Waals surface area contributed by atoms with Crippen molar-refractivity contribution in [3.8, 4) is 11.5 Å². The van der Waals surface area contributed by atoms with Crippen molar-refractivity contribution < 1.29 is 27.5 Å². The molecule has 4 aromatic carbocycles. The minimum atomic E-state index is -4.18. The number of carbonyl (C=O) groups excluding carboxylic acids is 2. The lowest BCUT2D eigenvalue weighted by atomic mass is 10.0. The summed E-state index contributed by atoms with van der Waals surface area (Å²) in [5.74, 6) is 0.294. The largest absolute Gasteiger partial charge is 0.497 e. The summed E-state index contributed by atoms with van der Waals surface area (Å²) in [5.41, 5.74) is 1.88. The number of nitrogens with one attached hydrogen (secondary N) is 1. The zero-order chi connectivity index (χ0) is 32.9. The van der Waals surface area contributed by atoms with E-state index in [9.17, 15) is 18.0 Å². The molecule has 9 nitrogen and oxygen atoms in total. The van der Waals surface area contributed by atoms with Crippen LogP contribution in [0.5, 0.6) is 11.5 Å². The Balaban J connectivity index is 1.79. The first kappa shape index (κ1) is 34.1. The van der Waals surface area contributed by atoms with Gasteiger partial charge in [-0.25, -0.2) is 8.42 Å². The van der Waals surface area contributed by atoms with Gasteiger partial charge in [0.15, 0.2) is 0 Å². The molecule has 0 unspecified atom stereocenters. The summed E-state index contributed by atoms with van der Waals surface area (Å²) in [4.78, 5) is 29.9. The van der Waals surface area contributed by atoms with Gasteiger partial charge in [-0.15, -0.1) is 0 Å². The number of rotatable bonds is 16. The summed E-state index contributed by atoms with van der Waals surface area (Å²) in [5, 5.41) is 3.00. The Morgan fingerprint density at radius 2 is 1.41 bits per heavy atom. The summed E-state index contributed by atoms with van der Waals surface area (Å²) in [6.45, 7) is 2.01. The fourth-order valence-electron chi connectivity index (χ4n) is 5.02. The molecule has 2 amide bonds. The van der Waals surface area contributed by atoms with Crippen molar-refractivity contribution >= 4 is 27.5 Å². The number of nitrogens with zero attached hydrogens (tertiary/aromatic N) is 2. The third kappa shape index (κ3) is 8.88. The fourth-order valence-corrected chi connectivity index (χ4v) is 6.46. The van der Waals surface area contributed by atoms with E-state index >= 15 is 0 Å². The number of carbonyl (C=O) groups is 2. The first-order valence-electron chi connectivity index (χ1n) is 15.2. The van der Waals surface area contributed by atoms with Gasteiger partial charge in [-0.1, -0.05) is 74.0 Å². The minimum Gasteiger partial charge on any atom is -0.497 e. The maximum atomic E-state index is 14.5. The predicted molar refractivity (Wildman–Crippen MR) is 179 cm³/mol. The van der Waals surface area contributed by atoms with Crippen LogP contribution in [0.1, 0.15) is 30.9 Å². The Hall–Kier alpha value is -4.83. The molecular formula is C36H41N3O6S. The molecule has 0 fully saturated rings. The Morgan fingerprint density at radius 1 is 0.783 bits per heavy atom. The SMILES string of the molecule is CCCCNC(=O)[C@@H](Cc1ccccc1)N(Cc1cccc(OC)c1)C(=O)CN(c1ccc(OC)cc1)S(=O)(=O)c1ccccc1.